The van der Waals surface area contributed by atoms with E-state index in [-0.39, 0.29) is 30.1 Å². The lowest BCUT2D eigenvalue weighted by atomic mass is 10.1. The molecule has 3 rings (SSSR count). The smallest absolute Gasteiger partial charge is 0.255 e. The van der Waals surface area contributed by atoms with Crippen molar-refractivity contribution < 1.29 is 27.4 Å². The van der Waals surface area contributed by atoms with Crippen LogP contribution >= 0.6 is 0 Å². The fraction of sp³-hybridized carbons (Fsp3) is 0.350. The molecule has 0 radical (unpaired) electrons. The van der Waals surface area contributed by atoms with E-state index in [9.17, 15) is 13.2 Å². The molecule has 0 aromatic heterocycles. The van der Waals surface area contributed by atoms with Gasteiger partial charge in [0, 0.05) is 19.6 Å². The van der Waals surface area contributed by atoms with Crippen molar-refractivity contribution >= 4 is 15.9 Å². The number of morpholine rings is 1. The molecule has 0 spiro atoms. The first-order valence-corrected chi connectivity index (χ1v) is 10.6. The number of carbonyl (C=O) groups excluding carboxylic acids is 1. The van der Waals surface area contributed by atoms with Crippen molar-refractivity contribution in [2.45, 2.75) is 11.4 Å². The first-order valence-electron chi connectivity index (χ1n) is 9.13. The highest BCUT2D eigenvalue weighted by molar-refractivity contribution is 7.89. The zero-order valence-electron chi connectivity index (χ0n) is 16.4. The van der Waals surface area contributed by atoms with Gasteiger partial charge in [-0.3, -0.25) is 4.79 Å². The van der Waals surface area contributed by atoms with Crippen LogP contribution in [0.5, 0.6) is 11.5 Å². The molecule has 1 N–H and O–H groups in total. The predicted octanol–water partition coefficient (Wildman–Crippen LogP) is 1.65. The molecule has 2 aromatic carbocycles. The second-order valence-electron chi connectivity index (χ2n) is 6.41. The van der Waals surface area contributed by atoms with E-state index in [0.29, 0.717) is 24.7 Å². The summed E-state index contributed by atoms with van der Waals surface area (Å²) in [6.07, 6.45) is 0. The summed E-state index contributed by atoms with van der Waals surface area (Å²) in [4.78, 5) is 12.8. The minimum absolute atomic E-state index is 0.0479. The molecule has 29 heavy (non-hydrogen) atoms. The van der Waals surface area contributed by atoms with Crippen molar-refractivity contribution in [1.82, 2.24) is 9.62 Å². The number of rotatable bonds is 7. The quantitative estimate of drug-likeness (QED) is 0.732. The van der Waals surface area contributed by atoms with Crippen LogP contribution in [0.1, 0.15) is 15.9 Å². The molecule has 1 aliphatic rings. The summed E-state index contributed by atoms with van der Waals surface area (Å²) in [5, 5.41) is 2.80. The summed E-state index contributed by atoms with van der Waals surface area (Å²) in [6.45, 7) is 1.53. The molecule has 1 heterocycles. The lowest BCUT2D eigenvalue weighted by molar-refractivity contribution is 0.0730. The first-order chi connectivity index (χ1) is 14.0. The zero-order chi connectivity index (χ0) is 20.9. The number of methoxy groups -OCH3 is 2. The Morgan fingerprint density at radius 1 is 1.10 bits per heavy atom. The third-order valence-corrected chi connectivity index (χ3v) is 6.51. The fourth-order valence-electron chi connectivity index (χ4n) is 3.02. The van der Waals surface area contributed by atoms with Crippen LogP contribution in [0.2, 0.25) is 0 Å². The van der Waals surface area contributed by atoms with Crippen molar-refractivity contribution in [2.24, 2.45) is 0 Å². The van der Waals surface area contributed by atoms with Gasteiger partial charge in [0.2, 0.25) is 10.0 Å². The topological polar surface area (TPSA) is 94.2 Å². The summed E-state index contributed by atoms with van der Waals surface area (Å²) >= 11 is 0. The normalized spacial score (nSPS) is 15.0. The van der Waals surface area contributed by atoms with Gasteiger partial charge in [-0.15, -0.1) is 0 Å². The van der Waals surface area contributed by atoms with Crippen LogP contribution in [-0.2, 0) is 21.3 Å². The number of sulfonamides is 1. The molecule has 0 atom stereocenters. The number of nitrogens with one attached hydrogen (secondary N) is 1. The number of amides is 1. The van der Waals surface area contributed by atoms with Gasteiger partial charge in [0.15, 0.2) is 0 Å². The lowest BCUT2D eigenvalue weighted by Gasteiger charge is -2.26. The Bertz CT molecular complexity index is 971. The molecule has 156 valence electrons. The van der Waals surface area contributed by atoms with Crippen LogP contribution in [0.3, 0.4) is 0 Å². The Hall–Kier alpha value is -2.62. The van der Waals surface area contributed by atoms with Crippen LogP contribution in [0.25, 0.3) is 0 Å². The number of ether oxygens (including phenoxy) is 3. The maximum Gasteiger partial charge on any atom is 0.255 e. The van der Waals surface area contributed by atoms with Gasteiger partial charge >= 0.3 is 0 Å². The van der Waals surface area contributed by atoms with Crippen LogP contribution < -0.4 is 14.8 Å². The average molecular weight is 420 g/mol. The van der Waals surface area contributed by atoms with E-state index in [1.165, 1.54) is 29.6 Å². The highest BCUT2D eigenvalue weighted by Gasteiger charge is 2.28. The van der Waals surface area contributed by atoms with Crippen molar-refractivity contribution in [3.63, 3.8) is 0 Å². The molecule has 8 nitrogen and oxygen atoms in total. The maximum atomic E-state index is 12.9. The van der Waals surface area contributed by atoms with E-state index in [1.54, 1.807) is 7.11 Å². The molecule has 1 amide bonds. The lowest BCUT2D eigenvalue weighted by Crippen LogP contribution is -2.40. The van der Waals surface area contributed by atoms with Gasteiger partial charge in [-0.2, -0.15) is 4.31 Å². The number of nitrogens with zero attached hydrogens (tertiary/aromatic N) is 1. The molecule has 1 saturated heterocycles. The van der Waals surface area contributed by atoms with Crippen molar-refractivity contribution in [1.29, 1.82) is 0 Å². The predicted molar refractivity (Wildman–Crippen MR) is 107 cm³/mol. The molecule has 9 heteroatoms. The van der Waals surface area contributed by atoms with Gasteiger partial charge in [0.1, 0.15) is 11.5 Å². The molecular weight excluding hydrogens is 396 g/mol. The van der Waals surface area contributed by atoms with E-state index < -0.39 is 15.9 Å². The molecular formula is C20H24N2O6S. The Morgan fingerprint density at radius 3 is 2.55 bits per heavy atom. The minimum Gasteiger partial charge on any atom is -0.497 e. The standard InChI is InChI=1S/C20H24N2O6S/c1-26-16-5-3-4-15(12-16)14-21-20(23)18-13-17(6-7-19(18)27-2)29(24,25)22-8-10-28-11-9-22/h3-7,12-13H,8-11,14H2,1-2H3,(H,21,23). The van der Waals surface area contributed by atoms with E-state index in [0.717, 1.165) is 5.56 Å². The summed E-state index contributed by atoms with van der Waals surface area (Å²) in [7, 11) is -0.711. The highest BCUT2D eigenvalue weighted by Crippen LogP contribution is 2.25. The zero-order valence-corrected chi connectivity index (χ0v) is 17.2. The van der Waals surface area contributed by atoms with Crippen LogP contribution in [0, 0.1) is 0 Å². The summed E-state index contributed by atoms with van der Waals surface area (Å²) in [5.74, 6) is 0.561. The molecule has 0 aliphatic carbocycles. The number of benzene rings is 2. The monoisotopic (exact) mass is 420 g/mol. The number of hydrogen-bond acceptors (Lipinski definition) is 6. The van der Waals surface area contributed by atoms with E-state index >= 15 is 0 Å². The average Bonchev–Trinajstić information content (AvgIpc) is 2.77. The summed E-state index contributed by atoms with van der Waals surface area (Å²) in [5.41, 5.74) is 1.01. The molecule has 0 unspecified atom stereocenters. The van der Waals surface area contributed by atoms with Gasteiger partial charge in [-0.05, 0) is 35.9 Å². The fourth-order valence-corrected chi connectivity index (χ4v) is 4.46. The summed E-state index contributed by atoms with van der Waals surface area (Å²) in [6, 6.07) is 11.6. The molecule has 1 fully saturated rings. The largest absolute Gasteiger partial charge is 0.497 e. The summed E-state index contributed by atoms with van der Waals surface area (Å²) < 4.78 is 42.8. The Balaban J connectivity index is 1.81. The second kappa shape index (κ2) is 9.25. The van der Waals surface area contributed by atoms with Gasteiger partial charge in [-0.25, -0.2) is 8.42 Å². The van der Waals surface area contributed by atoms with Gasteiger partial charge in [0.05, 0.1) is 37.9 Å². The third kappa shape index (κ3) is 4.87. The Kier molecular flexibility index (Phi) is 6.73. The van der Waals surface area contributed by atoms with E-state index in [1.807, 2.05) is 24.3 Å². The molecule has 1 aliphatic heterocycles. The van der Waals surface area contributed by atoms with Crippen molar-refractivity contribution in [3.8, 4) is 11.5 Å². The van der Waals surface area contributed by atoms with Crippen LogP contribution in [-0.4, -0.2) is 59.2 Å². The second-order valence-corrected chi connectivity index (χ2v) is 8.35. The third-order valence-electron chi connectivity index (χ3n) is 4.61. The maximum absolute atomic E-state index is 12.9. The SMILES string of the molecule is COc1cccc(CNC(=O)c2cc(S(=O)(=O)N3CCOCC3)ccc2OC)c1. The van der Waals surface area contributed by atoms with Crippen LogP contribution in [0.4, 0.5) is 0 Å². The number of hydrogen-bond donors (Lipinski definition) is 1. The number of carbonyl (C=O) groups is 1. The van der Waals surface area contributed by atoms with Crippen LogP contribution in [0.15, 0.2) is 47.4 Å². The van der Waals surface area contributed by atoms with Gasteiger partial charge in [0.25, 0.3) is 5.91 Å². The van der Waals surface area contributed by atoms with E-state index in [2.05, 4.69) is 5.32 Å². The Morgan fingerprint density at radius 2 is 1.86 bits per heavy atom. The van der Waals surface area contributed by atoms with Gasteiger partial charge in [-0.1, -0.05) is 12.1 Å². The van der Waals surface area contributed by atoms with E-state index in [4.69, 9.17) is 14.2 Å². The minimum atomic E-state index is -3.72. The van der Waals surface area contributed by atoms with Crippen molar-refractivity contribution in [3.05, 3.63) is 53.6 Å². The Labute approximate surface area is 170 Å². The van der Waals surface area contributed by atoms with Gasteiger partial charge < -0.3 is 19.5 Å². The van der Waals surface area contributed by atoms with Crippen molar-refractivity contribution in [2.75, 3.05) is 40.5 Å². The molecule has 0 saturated carbocycles. The molecule has 0 bridgehead atoms. The highest BCUT2D eigenvalue weighted by atomic mass is 32.2. The molecule has 2 aromatic rings. The first kappa shape index (κ1) is 21.1.